The highest BCUT2D eigenvalue weighted by molar-refractivity contribution is 4.80. The molecule has 0 bridgehead atoms. The summed E-state index contributed by atoms with van der Waals surface area (Å²) in [4.78, 5) is 12.5. The lowest BCUT2D eigenvalue weighted by atomic mass is 10.1. The van der Waals surface area contributed by atoms with Crippen LogP contribution < -0.4 is 0 Å². The molecule has 4 nitrogen and oxygen atoms in total. The van der Waals surface area contributed by atoms with E-state index >= 15 is 0 Å². The second kappa shape index (κ2) is 3.17. The molecule has 1 aliphatic heterocycles. The van der Waals surface area contributed by atoms with E-state index < -0.39 is 0 Å². The highest BCUT2D eigenvalue weighted by Gasteiger charge is 2.25. The van der Waals surface area contributed by atoms with E-state index in [1.807, 2.05) is 0 Å². The van der Waals surface area contributed by atoms with Crippen molar-refractivity contribution in [1.29, 1.82) is 0 Å². The summed E-state index contributed by atoms with van der Waals surface area (Å²) < 4.78 is 0. The topological polar surface area (TPSA) is 35.9 Å². The van der Waals surface area contributed by atoms with E-state index in [0.717, 1.165) is 13.1 Å². The Morgan fingerprint density at radius 2 is 1.73 bits per heavy atom. The Labute approximate surface area is 67.1 Å². The summed E-state index contributed by atoms with van der Waals surface area (Å²) in [6, 6.07) is 0.855. The molecule has 0 amide bonds. The molecular formula is C7H15N3O. The first kappa shape index (κ1) is 8.46. The monoisotopic (exact) mass is 157 g/mol. The van der Waals surface area contributed by atoms with Crippen molar-refractivity contribution in [2.24, 2.45) is 5.29 Å². The van der Waals surface area contributed by atoms with Gasteiger partial charge in [-0.05, 0) is 20.9 Å². The van der Waals surface area contributed by atoms with Crippen molar-refractivity contribution < 1.29 is 0 Å². The molecule has 11 heavy (non-hydrogen) atoms. The minimum absolute atomic E-state index is 0.427. The predicted molar refractivity (Wildman–Crippen MR) is 44.1 cm³/mol. The van der Waals surface area contributed by atoms with Crippen molar-refractivity contribution >= 4 is 0 Å². The third-order valence-corrected chi connectivity index (χ3v) is 2.46. The van der Waals surface area contributed by atoms with Crippen LogP contribution in [0.5, 0.6) is 0 Å². The van der Waals surface area contributed by atoms with Crippen LogP contribution in [0.25, 0.3) is 0 Å². The van der Waals surface area contributed by atoms with Crippen LogP contribution in [0.1, 0.15) is 13.8 Å². The highest BCUT2D eigenvalue weighted by atomic mass is 16.3. The summed E-state index contributed by atoms with van der Waals surface area (Å²) in [7, 11) is 2.08. The van der Waals surface area contributed by atoms with Gasteiger partial charge in [0.15, 0.2) is 0 Å². The molecule has 0 aromatic carbocycles. The molecule has 0 saturated carbocycles. The lowest BCUT2D eigenvalue weighted by Crippen LogP contribution is -2.52. The molecule has 0 aromatic heterocycles. The van der Waals surface area contributed by atoms with Crippen molar-refractivity contribution in [3.8, 4) is 0 Å². The average molecular weight is 157 g/mol. The molecule has 0 spiro atoms. The number of nitroso groups, excluding NO2 is 1. The standard InChI is InChI=1S/C7H15N3O/c1-6-4-10(8-11)5-7(2)9(6)3/h6-7H,4-5H2,1-3H3/t6-,7+. The number of rotatable bonds is 1. The van der Waals surface area contributed by atoms with Crippen LogP contribution in [0.4, 0.5) is 0 Å². The fourth-order valence-electron chi connectivity index (χ4n) is 1.44. The molecule has 1 saturated heterocycles. The van der Waals surface area contributed by atoms with Gasteiger partial charge >= 0.3 is 0 Å². The zero-order valence-corrected chi connectivity index (χ0v) is 7.32. The van der Waals surface area contributed by atoms with Gasteiger partial charge in [-0.15, -0.1) is 4.91 Å². The van der Waals surface area contributed by atoms with Gasteiger partial charge in [0.05, 0.1) is 18.4 Å². The SMILES string of the molecule is C[C@@H]1CN(N=O)C[C@H](C)N1C. The highest BCUT2D eigenvalue weighted by Crippen LogP contribution is 2.12. The average Bonchev–Trinajstić information content (AvgIpc) is 1.99. The summed E-state index contributed by atoms with van der Waals surface area (Å²) in [6.07, 6.45) is 0. The number of hydrogen-bond donors (Lipinski definition) is 0. The second-order valence-corrected chi connectivity index (χ2v) is 3.32. The zero-order chi connectivity index (χ0) is 8.43. The Morgan fingerprint density at radius 3 is 2.09 bits per heavy atom. The zero-order valence-electron chi connectivity index (χ0n) is 7.32. The second-order valence-electron chi connectivity index (χ2n) is 3.32. The molecule has 1 fully saturated rings. The summed E-state index contributed by atoms with van der Waals surface area (Å²) in [6.45, 7) is 5.72. The first-order valence-corrected chi connectivity index (χ1v) is 3.95. The Hall–Kier alpha value is -0.640. The minimum atomic E-state index is 0.427. The Morgan fingerprint density at radius 1 is 1.27 bits per heavy atom. The molecule has 1 rings (SSSR count). The third kappa shape index (κ3) is 1.68. The quantitative estimate of drug-likeness (QED) is 0.525. The van der Waals surface area contributed by atoms with E-state index in [0.29, 0.717) is 12.1 Å². The molecule has 1 aliphatic rings. The predicted octanol–water partition coefficient (Wildman–Crippen LogP) is 0.692. The van der Waals surface area contributed by atoms with Crippen LogP contribution >= 0.6 is 0 Å². The molecule has 0 aliphatic carbocycles. The Bertz CT molecular complexity index is 139. The Kier molecular flexibility index (Phi) is 2.44. The van der Waals surface area contributed by atoms with Crippen molar-refractivity contribution in [2.45, 2.75) is 25.9 Å². The van der Waals surface area contributed by atoms with Gasteiger partial charge in [-0.2, -0.15) is 0 Å². The van der Waals surface area contributed by atoms with Gasteiger partial charge in [-0.25, -0.2) is 0 Å². The maximum Gasteiger partial charge on any atom is 0.0546 e. The number of nitrogens with zero attached hydrogens (tertiary/aromatic N) is 3. The summed E-state index contributed by atoms with van der Waals surface area (Å²) in [5.41, 5.74) is 0. The van der Waals surface area contributed by atoms with Gasteiger partial charge in [-0.3, -0.25) is 9.91 Å². The normalized spacial score (nSPS) is 33.9. The van der Waals surface area contributed by atoms with Crippen molar-refractivity contribution in [2.75, 3.05) is 20.1 Å². The van der Waals surface area contributed by atoms with Crippen LogP contribution in [-0.2, 0) is 0 Å². The maximum atomic E-state index is 10.2. The lowest BCUT2D eigenvalue weighted by molar-refractivity contribution is 0.0609. The van der Waals surface area contributed by atoms with Crippen LogP contribution in [0.3, 0.4) is 0 Å². The molecular weight excluding hydrogens is 142 g/mol. The molecule has 1 heterocycles. The van der Waals surface area contributed by atoms with Crippen molar-refractivity contribution in [3.63, 3.8) is 0 Å². The van der Waals surface area contributed by atoms with Gasteiger partial charge < -0.3 is 0 Å². The van der Waals surface area contributed by atoms with E-state index in [2.05, 4.69) is 31.1 Å². The summed E-state index contributed by atoms with van der Waals surface area (Å²) in [5, 5.41) is 4.53. The van der Waals surface area contributed by atoms with Gasteiger partial charge in [0.2, 0.25) is 0 Å². The summed E-state index contributed by atoms with van der Waals surface area (Å²) >= 11 is 0. The molecule has 2 atom stereocenters. The molecule has 64 valence electrons. The van der Waals surface area contributed by atoms with Gasteiger partial charge in [-0.1, -0.05) is 0 Å². The molecule has 0 radical (unpaired) electrons. The minimum Gasteiger partial charge on any atom is -0.297 e. The van der Waals surface area contributed by atoms with E-state index in [4.69, 9.17) is 0 Å². The van der Waals surface area contributed by atoms with Crippen LogP contribution in [0.15, 0.2) is 5.29 Å². The van der Waals surface area contributed by atoms with Crippen molar-refractivity contribution in [3.05, 3.63) is 4.91 Å². The van der Waals surface area contributed by atoms with Crippen LogP contribution in [0.2, 0.25) is 0 Å². The fourth-order valence-corrected chi connectivity index (χ4v) is 1.44. The summed E-state index contributed by atoms with van der Waals surface area (Å²) in [5.74, 6) is 0. The van der Waals surface area contributed by atoms with Crippen LogP contribution in [-0.4, -0.2) is 42.1 Å². The van der Waals surface area contributed by atoms with Crippen molar-refractivity contribution in [1.82, 2.24) is 9.91 Å². The molecule has 0 unspecified atom stereocenters. The number of piperazine rings is 1. The van der Waals surface area contributed by atoms with E-state index in [-0.39, 0.29) is 0 Å². The lowest BCUT2D eigenvalue weighted by Gasteiger charge is -2.39. The molecule has 4 heteroatoms. The number of likely N-dealkylation sites (N-methyl/N-ethyl adjacent to an activating group) is 1. The van der Waals surface area contributed by atoms with Gasteiger partial charge in [0.25, 0.3) is 0 Å². The van der Waals surface area contributed by atoms with E-state index in [1.54, 1.807) is 5.01 Å². The van der Waals surface area contributed by atoms with E-state index in [1.165, 1.54) is 0 Å². The first-order valence-electron chi connectivity index (χ1n) is 3.95. The maximum absolute atomic E-state index is 10.2. The number of hydrogen-bond acceptors (Lipinski definition) is 3. The van der Waals surface area contributed by atoms with Crippen LogP contribution in [0, 0.1) is 4.91 Å². The van der Waals surface area contributed by atoms with E-state index in [9.17, 15) is 4.91 Å². The third-order valence-electron chi connectivity index (χ3n) is 2.46. The smallest absolute Gasteiger partial charge is 0.0546 e. The fraction of sp³-hybridized carbons (Fsp3) is 1.00. The van der Waals surface area contributed by atoms with Gasteiger partial charge in [0.1, 0.15) is 0 Å². The van der Waals surface area contributed by atoms with Gasteiger partial charge in [0, 0.05) is 12.1 Å². The Balaban J connectivity index is 2.54. The molecule has 0 N–H and O–H groups in total. The first-order chi connectivity index (χ1) is 5.15. The molecule has 0 aromatic rings. The largest absolute Gasteiger partial charge is 0.297 e.